The highest BCUT2D eigenvalue weighted by atomic mass is 16.5. The Morgan fingerprint density at radius 3 is 2.78 bits per heavy atom. The predicted octanol–water partition coefficient (Wildman–Crippen LogP) is 2.65. The minimum absolute atomic E-state index is 0.285. The van der Waals surface area contributed by atoms with Gasteiger partial charge in [-0.15, -0.1) is 0 Å². The van der Waals surface area contributed by atoms with Gasteiger partial charge in [0.25, 0.3) is 0 Å². The molecular weight excluding hydrogens is 224 g/mol. The van der Waals surface area contributed by atoms with Crippen molar-refractivity contribution in [2.45, 2.75) is 33.4 Å². The van der Waals surface area contributed by atoms with Crippen molar-refractivity contribution in [3.63, 3.8) is 0 Å². The molecule has 0 radical (unpaired) electrons. The van der Waals surface area contributed by atoms with Gasteiger partial charge in [0.2, 0.25) is 0 Å². The predicted molar refractivity (Wildman–Crippen MR) is 75.2 cm³/mol. The molecular formula is C15H24N2O. The first kappa shape index (κ1) is 13.4. The van der Waals surface area contributed by atoms with E-state index in [-0.39, 0.29) is 5.41 Å². The van der Waals surface area contributed by atoms with Gasteiger partial charge in [0.1, 0.15) is 0 Å². The van der Waals surface area contributed by atoms with Gasteiger partial charge in [0.15, 0.2) is 0 Å². The quantitative estimate of drug-likeness (QED) is 0.814. The fraction of sp³-hybridized carbons (Fsp3) is 0.600. The Balaban J connectivity index is 1.97. The van der Waals surface area contributed by atoms with Gasteiger partial charge < -0.3 is 10.5 Å². The van der Waals surface area contributed by atoms with Crippen LogP contribution in [-0.4, -0.2) is 25.2 Å². The number of fused-ring (bicyclic) bond motifs is 1. The fourth-order valence-electron chi connectivity index (χ4n) is 2.69. The number of anilines is 1. The van der Waals surface area contributed by atoms with Crippen molar-refractivity contribution >= 4 is 5.69 Å². The summed E-state index contributed by atoms with van der Waals surface area (Å²) in [4.78, 5) is 2.48. The van der Waals surface area contributed by atoms with Gasteiger partial charge in [-0.25, -0.2) is 0 Å². The minimum Gasteiger partial charge on any atom is -0.398 e. The lowest BCUT2D eigenvalue weighted by Gasteiger charge is -2.29. The Morgan fingerprint density at radius 2 is 2.11 bits per heavy atom. The van der Waals surface area contributed by atoms with E-state index in [9.17, 15) is 0 Å². The van der Waals surface area contributed by atoms with Gasteiger partial charge in [-0.3, -0.25) is 4.90 Å². The first-order chi connectivity index (χ1) is 8.52. The number of nitrogens with zero attached hydrogens (tertiary/aromatic N) is 1. The van der Waals surface area contributed by atoms with Crippen LogP contribution in [0.5, 0.6) is 0 Å². The Kier molecular flexibility index (Phi) is 3.93. The molecule has 0 aliphatic carbocycles. The van der Waals surface area contributed by atoms with Crippen LogP contribution in [0.25, 0.3) is 0 Å². The fourth-order valence-corrected chi connectivity index (χ4v) is 2.69. The van der Waals surface area contributed by atoms with Crippen LogP contribution in [0.4, 0.5) is 5.69 Å². The van der Waals surface area contributed by atoms with Crippen molar-refractivity contribution in [3.8, 4) is 0 Å². The summed E-state index contributed by atoms with van der Waals surface area (Å²) in [6.45, 7) is 8.53. The van der Waals surface area contributed by atoms with Crippen molar-refractivity contribution in [1.29, 1.82) is 0 Å². The molecule has 0 fully saturated rings. The molecule has 0 saturated heterocycles. The maximum atomic E-state index is 6.03. The summed E-state index contributed by atoms with van der Waals surface area (Å²) in [5.74, 6) is 0. The van der Waals surface area contributed by atoms with Gasteiger partial charge in [-0.1, -0.05) is 26.0 Å². The van der Waals surface area contributed by atoms with Crippen LogP contribution in [0.3, 0.4) is 0 Å². The van der Waals surface area contributed by atoms with Gasteiger partial charge >= 0.3 is 0 Å². The number of methoxy groups -OCH3 is 1. The molecule has 0 saturated carbocycles. The number of benzene rings is 1. The highest BCUT2D eigenvalue weighted by molar-refractivity contribution is 5.52. The highest BCUT2D eigenvalue weighted by Crippen LogP contribution is 2.31. The number of nitrogens with two attached hydrogens (primary N) is 1. The molecule has 1 aliphatic rings. The monoisotopic (exact) mass is 248 g/mol. The summed E-state index contributed by atoms with van der Waals surface area (Å²) >= 11 is 0. The summed E-state index contributed by atoms with van der Waals surface area (Å²) in [6.07, 6.45) is 1.09. The first-order valence-electron chi connectivity index (χ1n) is 6.59. The maximum Gasteiger partial charge on any atom is 0.0467 e. The zero-order chi connectivity index (χ0) is 13.2. The van der Waals surface area contributed by atoms with E-state index in [0.29, 0.717) is 0 Å². The van der Waals surface area contributed by atoms with Crippen molar-refractivity contribution in [1.82, 2.24) is 4.90 Å². The molecule has 0 spiro atoms. The number of hydrogen-bond acceptors (Lipinski definition) is 3. The molecule has 1 aromatic carbocycles. The van der Waals surface area contributed by atoms with Gasteiger partial charge in [0, 0.05) is 39.0 Å². The Labute approximate surface area is 110 Å². The second-order valence-electron chi connectivity index (χ2n) is 6.04. The molecule has 0 bridgehead atoms. The van der Waals surface area contributed by atoms with Crippen molar-refractivity contribution < 1.29 is 4.74 Å². The smallest absolute Gasteiger partial charge is 0.0467 e. The number of ether oxygens (including phenoxy) is 1. The van der Waals surface area contributed by atoms with Gasteiger partial charge in [-0.05, 0) is 29.0 Å². The average molecular weight is 248 g/mol. The summed E-state index contributed by atoms with van der Waals surface area (Å²) in [5.41, 5.74) is 9.96. The molecule has 1 aliphatic heterocycles. The van der Waals surface area contributed by atoms with Gasteiger partial charge in [0.05, 0.1) is 0 Å². The molecule has 0 aromatic heterocycles. The Morgan fingerprint density at radius 1 is 1.33 bits per heavy atom. The summed E-state index contributed by atoms with van der Waals surface area (Å²) in [6, 6.07) is 6.24. The zero-order valence-corrected chi connectivity index (χ0v) is 11.7. The van der Waals surface area contributed by atoms with E-state index in [4.69, 9.17) is 10.5 Å². The standard InChI is InChI=1S/C15H24N2O/c1-15(2,7-8-18-3)11-17-9-12-5-4-6-14(16)13(12)10-17/h4-6H,7-11,16H2,1-3H3. The van der Waals surface area contributed by atoms with E-state index < -0.39 is 0 Å². The minimum atomic E-state index is 0.285. The third-order valence-electron chi connectivity index (χ3n) is 3.72. The molecule has 2 N–H and O–H groups in total. The van der Waals surface area contributed by atoms with Crippen LogP contribution in [0, 0.1) is 5.41 Å². The SMILES string of the molecule is COCCC(C)(C)CN1Cc2cccc(N)c2C1. The topological polar surface area (TPSA) is 38.5 Å². The largest absolute Gasteiger partial charge is 0.398 e. The summed E-state index contributed by atoms with van der Waals surface area (Å²) in [7, 11) is 1.77. The highest BCUT2D eigenvalue weighted by Gasteiger charge is 2.26. The number of hydrogen-bond donors (Lipinski definition) is 1. The third kappa shape index (κ3) is 3.03. The van der Waals surface area contributed by atoms with Crippen molar-refractivity contribution in [2.24, 2.45) is 5.41 Å². The molecule has 18 heavy (non-hydrogen) atoms. The molecule has 0 unspecified atom stereocenters. The van der Waals surface area contributed by atoms with Crippen LogP contribution in [-0.2, 0) is 17.8 Å². The molecule has 0 amide bonds. The van der Waals surface area contributed by atoms with E-state index >= 15 is 0 Å². The first-order valence-corrected chi connectivity index (χ1v) is 6.59. The van der Waals surface area contributed by atoms with Crippen molar-refractivity contribution in [2.75, 3.05) is 26.0 Å². The summed E-state index contributed by atoms with van der Waals surface area (Å²) in [5, 5.41) is 0. The lowest BCUT2D eigenvalue weighted by Crippen LogP contribution is -2.31. The van der Waals surface area contributed by atoms with Crippen LogP contribution >= 0.6 is 0 Å². The molecule has 3 nitrogen and oxygen atoms in total. The number of rotatable bonds is 5. The molecule has 2 rings (SSSR count). The Bertz CT molecular complexity index is 415. The van der Waals surface area contributed by atoms with Crippen LogP contribution in [0.15, 0.2) is 18.2 Å². The lowest BCUT2D eigenvalue weighted by atomic mass is 9.89. The zero-order valence-electron chi connectivity index (χ0n) is 11.7. The van der Waals surface area contributed by atoms with E-state index in [1.807, 2.05) is 12.1 Å². The Hall–Kier alpha value is -1.06. The average Bonchev–Trinajstić information content (AvgIpc) is 2.69. The van der Waals surface area contributed by atoms with E-state index in [0.717, 1.165) is 38.3 Å². The summed E-state index contributed by atoms with van der Waals surface area (Å²) < 4.78 is 5.18. The second kappa shape index (κ2) is 5.29. The second-order valence-corrected chi connectivity index (χ2v) is 6.04. The molecule has 0 atom stereocenters. The number of nitrogen functional groups attached to an aromatic ring is 1. The van der Waals surface area contributed by atoms with Crippen LogP contribution < -0.4 is 5.73 Å². The van der Waals surface area contributed by atoms with Gasteiger partial charge in [-0.2, -0.15) is 0 Å². The molecule has 1 heterocycles. The lowest BCUT2D eigenvalue weighted by molar-refractivity contribution is 0.115. The van der Waals surface area contributed by atoms with E-state index in [2.05, 4.69) is 24.8 Å². The van der Waals surface area contributed by atoms with Crippen LogP contribution in [0.1, 0.15) is 31.4 Å². The van der Waals surface area contributed by atoms with Crippen LogP contribution in [0.2, 0.25) is 0 Å². The molecule has 100 valence electrons. The normalized spacial score (nSPS) is 15.9. The van der Waals surface area contributed by atoms with E-state index in [1.165, 1.54) is 11.1 Å². The van der Waals surface area contributed by atoms with E-state index in [1.54, 1.807) is 7.11 Å². The third-order valence-corrected chi connectivity index (χ3v) is 3.72. The van der Waals surface area contributed by atoms with Crippen molar-refractivity contribution in [3.05, 3.63) is 29.3 Å². The molecule has 3 heteroatoms. The maximum absolute atomic E-state index is 6.03. The molecule has 1 aromatic rings.